The molecular formula is C18H27NO5S. The zero-order chi connectivity index (χ0) is 18.4. The molecule has 0 N–H and O–H groups in total. The van der Waals surface area contributed by atoms with E-state index in [9.17, 15) is 13.2 Å². The van der Waals surface area contributed by atoms with Crippen LogP contribution in [-0.4, -0.2) is 58.5 Å². The minimum Gasteiger partial charge on any atom is -0.378 e. The van der Waals surface area contributed by atoms with Gasteiger partial charge in [0.15, 0.2) is 9.84 Å². The molecule has 0 radical (unpaired) electrons. The second kappa shape index (κ2) is 8.78. The first-order valence-electron chi connectivity index (χ1n) is 8.54. The highest BCUT2D eigenvalue weighted by Gasteiger charge is 2.19. The Morgan fingerprint density at radius 1 is 1.36 bits per heavy atom. The highest BCUT2D eigenvalue weighted by Crippen LogP contribution is 2.21. The normalized spacial score (nSPS) is 18.9. The lowest BCUT2D eigenvalue weighted by atomic mass is 10.1. The maximum Gasteiger partial charge on any atom is 0.225 e. The number of hydrogen-bond donors (Lipinski definition) is 0. The van der Waals surface area contributed by atoms with Crippen molar-refractivity contribution in [3.05, 3.63) is 29.8 Å². The lowest BCUT2D eigenvalue weighted by Gasteiger charge is -2.25. The van der Waals surface area contributed by atoms with E-state index in [0.717, 1.165) is 25.0 Å². The summed E-state index contributed by atoms with van der Waals surface area (Å²) < 4.78 is 34.0. The van der Waals surface area contributed by atoms with Crippen LogP contribution in [0.3, 0.4) is 0 Å². The van der Waals surface area contributed by atoms with Gasteiger partial charge in [-0.2, -0.15) is 0 Å². The van der Waals surface area contributed by atoms with Gasteiger partial charge in [0.05, 0.1) is 36.7 Å². The predicted octanol–water partition coefficient (Wildman–Crippen LogP) is 2.20. The fourth-order valence-electron chi connectivity index (χ4n) is 2.76. The monoisotopic (exact) mass is 369 g/mol. The van der Waals surface area contributed by atoms with Crippen LogP contribution in [0, 0.1) is 0 Å². The molecule has 140 valence electrons. The minimum absolute atomic E-state index is 0.00738. The molecule has 2 unspecified atom stereocenters. The number of amides is 1. The summed E-state index contributed by atoms with van der Waals surface area (Å²) in [5.41, 5.74) is 0.892. The third-order valence-corrected chi connectivity index (χ3v) is 5.68. The third-order valence-electron chi connectivity index (χ3n) is 4.55. The van der Waals surface area contributed by atoms with Crippen molar-refractivity contribution in [3.8, 4) is 0 Å². The van der Waals surface area contributed by atoms with Crippen LogP contribution >= 0.6 is 0 Å². The molecule has 1 aromatic carbocycles. The summed E-state index contributed by atoms with van der Waals surface area (Å²) in [6.07, 6.45) is 3.76. The van der Waals surface area contributed by atoms with Crippen molar-refractivity contribution < 1.29 is 22.7 Å². The summed E-state index contributed by atoms with van der Waals surface area (Å²) in [6, 6.07) is 6.51. The highest BCUT2D eigenvalue weighted by molar-refractivity contribution is 7.90. The van der Waals surface area contributed by atoms with E-state index in [1.54, 1.807) is 36.2 Å². The summed E-state index contributed by atoms with van der Waals surface area (Å²) in [5.74, 6) is -0.00738. The summed E-state index contributed by atoms with van der Waals surface area (Å²) in [6.45, 7) is 3.63. The summed E-state index contributed by atoms with van der Waals surface area (Å²) in [7, 11) is -1.46. The van der Waals surface area contributed by atoms with E-state index in [-0.39, 0.29) is 22.9 Å². The molecule has 25 heavy (non-hydrogen) atoms. The maximum absolute atomic E-state index is 12.3. The van der Waals surface area contributed by atoms with Crippen molar-refractivity contribution in [1.82, 2.24) is 4.90 Å². The smallest absolute Gasteiger partial charge is 0.225 e. The topological polar surface area (TPSA) is 72.9 Å². The maximum atomic E-state index is 12.3. The summed E-state index contributed by atoms with van der Waals surface area (Å²) in [4.78, 5) is 14.2. The van der Waals surface area contributed by atoms with Gasteiger partial charge >= 0.3 is 0 Å². The van der Waals surface area contributed by atoms with Crippen LogP contribution in [-0.2, 0) is 24.1 Å². The fraction of sp³-hybridized carbons (Fsp3) is 0.611. The Balaban J connectivity index is 1.81. The van der Waals surface area contributed by atoms with E-state index >= 15 is 0 Å². The van der Waals surface area contributed by atoms with Gasteiger partial charge in [-0.15, -0.1) is 0 Å². The van der Waals surface area contributed by atoms with Gasteiger partial charge in [0.1, 0.15) is 0 Å². The number of sulfone groups is 1. The molecular weight excluding hydrogens is 342 g/mol. The molecule has 0 aromatic heterocycles. The Bertz CT molecular complexity index is 665. The lowest BCUT2D eigenvalue weighted by Crippen LogP contribution is -2.30. The summed E-state index contributed by atoms with van der Waals surface area (Å²) >= 11 is 0. The molecule has 0 spiro atoms. The van der Waals surface area contributed by atoms with Gasteiger partial charge in [0, 0.05) is 19.9 Å². The molecule has 1 aromatic rings. The van der Waals surface area contributed by atoms with Crippen LogP contribution < -0.4 is 0 Å². The lowest BCUT2D eigenvalue weighted by molar-refractivity contribution is -0.133. The van der Waals surface area contributed by atoms with Crippen molar-refractivity contribution in [2.75, 3.05) is 33.1 Å². The summed E-state index contributed by atoms with van der Waals surface area (Å²) in [5, 5.41) is 0. The Morgan fingerprint density at radius 3 is 2.60 bits per heavy atom. The van der Waals surface area contributed by atoms with Crippen LogP contribution in [0.1, 0.15) is 37.8 Å². The Labute approximate surface area is 150 Å². The van der Waals surface area contributed by atoms with E-state index in [4.69, 9.17) is 9.47 Å². The Kier molecular flexibility index (Phi) is 6.98. The van der Waals surface area contributed by atoms with Gasteiger partial charge in [-0.25, -0.2) is 8.42 Å². The molecule has 1 saturated heterocycles. The van der Waals surface area contributed by atoms with Crippen molar-refractivity contribution in [1.29, 1.82) is 0 Å². The van der Waals surface area contributed by atoms with E-state index in [1.165, 1.54) is 6.26 Å². The van der Waals surface area contributed by atoms with Crippen molar-refractivity contribution in [3.63, 3.8) is 0 Å². The molecule has 7 heteroatoms. The second-order valence-corrected chi connectivity index (χ2v) is 8.50. The molecule has 2 rings (SSSR count). The number of rotatable bonds is 8. The number of carbonyl (C=O) groups excluding carboxylic acids is 1. The van der Waals surface area contributed by atoms with Gasteiger partial charge in [-0.3, -0.25) is 4.79 Å². The average Bonchev–Trinajstić information content (AvgIpc) is 3.10. The molecule has 1 fully saturated rings. The van der Waals surface area contributed by atoms with Gasteiger partial charge in [0.25, 0.3) is 0 Å². The predicted molar refractivity (Wildman–Crippen MR) is 95.1 cm³/mol. The van der Waals surface area contributed by atoms with E-state index < -0.39 is 9.84 Å². The number of nitrogens with zero attached hydrogens (tertiary/aromatic N) is 1. The number of benzene rings is 1. The van der Waals surface area contributed by atoms with Gasteiger partial charge in [-0.05, 0) is 37.5 Å². The molecule has 0 bridgehead atoms. The van der Waals surface area contributed by atoms with Crippen LogP contribution in [0.4, 0.5) is 0 Å². The molecule has 2 atom stereocenters. The second-order valence-electron chi connectivity index (χ2n) is 6.48. The average molecular weight is 369 g/mol. The van der Waals surface area contributed by atoms with E-state index in [2.05, 4.69) is 0 Å². The molecule has 1 aliphatic rings. The Morgan fingerprint density at radius 2 is 2.04 bits per heavy atom. The molecule has 0 saturated carbocycles. The van der Waals surface area contributed by atoms with E-state index in [1.807, 2.05) is 6.92 Å². The minimum atomic E-state index is -3.21. The fourth-order valence-corrected chi connectivity index (χ4v) is 3.39. The first-order valence-corrected chi connectivity index (χ1v) is 10.4. The number of carbonyl (C=O) groups is 1. The van der Waals surface area contributed by atoms with Crippen LogP contribution in [0.15, 0.2) is 29.2 Å². The van der Waals surface area contributed by atoms with Crippen LogP contribution in [0.2, 0.25) is 0 Å². The van der Waals surface area contributed by atoms with Gasteiger partial charge in [-0.1, -0.05) is 12.1 Å². The zero-order valence-corrected chi connectivity index (χ0v) is 15.9. The van der Waals surface area contributed by atoms with Crippen LogP contribution in [0.5, 0.6) is 0 Å². The molecule has 0 aliphatic carbocycles. The van der Waals surface area contributed by atoms with Crippen molar-refractivity contribution in [2.24, 2.45) is 0 Å². The molecule has 6 nitrogen and oxygen atoms in total. The SMILES string of the molecule is CC(c1ccc(S(C)(=O)=O)cc1)N(C)C(=O)CCOCC1CCCO1. The largest absolute Gasteiger partial charge is 0.378 e. The standard InChI is InChI=1S/C18H27NO5S/c1-14(15-6-8-17(9-7-15)25(3,21)22)19(2)18(20)10-12-23-13-16-5-4-11-24-16/h6-9,14,16H,4-5,10-13H2,1-3H3. The van der Waals surface area contributed by atoms with Gasteiger partial charge < -0.3 is 14.4 Å². The first-order chi connectivity index (χ1) is 11.8. The van der Waals surface area contributed by atoms with Gasteiger partial charge in [0.2, 0.25) is 5.91 Å². The number of ether oxygens (including phenoxy) is 2. The van der Waals surface area contributed by atoms with Crippen molar-refractivity contribution >= 4 is 15.7 Å². The molecule has 1 heterocycles. The van der Waals surface area contributed by atoms with Crippen LogP contribution in [0.25, 0.3) is 0 Å². The highest BCUT2D eigenvalue weighted by atomic mass is 32.2. The number of hydrogen-bond acceptors (Lipinski definition) is 5. The Hall–Kier alpha value is -1.44. The quantitative estimate of drug-likeness (QED) is 0.657. The third kappa shape index (κ3) is 5.80. The van der Waals surface area contributed by atoms with Crippen molar-refractivity contribution in [2.45, 2.75) is 43.2 Å². The first kappa shape index (κ1) is 19.9. The molecule has 1 aliphatic heterocycles. The zero-order valence-electron chi connectivity index (χ0n) is 15.1. The van der Waals surface area contributed by atoms with E-state index in [0.29, 0.717) is 19.6 Å². The molecule has 1 amide bonds.